The fraction of sp³-hybridized carbons (Fsp3) is 0.360. The molecule has 170 valence electrons. The Bertz CT molecular complexity index is 1030. The van der Waals surface area contributed by atoms with Crippen LogP contribution in [-0.2, 0) is 22.4 Å². The smallest absolute Gasteiger partial charge is 0.333 e. The molecule has 7 heteroatoms. The van der Waals surface area contributed by atoms with Crippen LogP contribution >= 0.6 is 11.3 Å². The van der Waals surface area contributed by atoms with E-state index in [-0.39, 0.29) is 18.8 Å². The molecule has 2 aromatic carbocycles. The Labute approximate surface area is 191 Å². The highest BCUT2D eigenvalue weighted by Crippen LogP contribution is 2.26. The summed E-state index contributed by atoms with van der Waals surface area (Å²) in [6, 6.07) is 12.9. The van der Waals surface area contributed by atoms with Gasteiger partial charge < -0.3 is 14.6 Å². The molecule has 0 amide bonds. The van der Waals surface area contributed by atoms with Gasteiger partial charge in [-0.15, -0.1) is 11.3 Å². The minimum atomic E-state index is -1.06. The van der Waals surface area contributed by atoms with Gasteiger partial charge in [0.15, 0.2) is 17.7 Å². The van der Waals surface area contributed by atoms with Crippen LogP contribution in [0.15, 0.2) is 47.8 Å². The van der Waals surface area contributed by atoms with Gasteiger partial charge in [0.05, 0.1) is 12.3 Å². The molecule has 0 saturated heterocycles. The Kier molecular flexibility index (Phi) is 8.36. The van der Waals surface area contributed by atoms with Gasteiger partial charge in [-0.1, -0.05) is 44.2 Å². The average Bonchev–Trinajstić information content (AvgIpc) is 3.24. The number of hydrogen-bond acceptors (Lipinski definition) is 5. The summed E-state index contributed by atoms with van der Waals surface area (Å²) in [5.74, 6) is -0.957. The van der Waals surface area contributed by atoms with Crippen molar-refractivity contribution in [1.82, 2.24) is 4.98 Å². The van der Waals surface area contributed by atoms with Crippen molar-refractivity contribution in [1.29, 1.82) is 0 Å². The Morgan fingerprint density at radius 1 is 1.19 bits per heavy atom. The minimum Gasteiger partial charge on any atom is -0.490 e. The second-order valence-electron chi connectivity index (χ2n) is 7.77. The van der Waals surface area contributed by atoms with Gasteiger partial charge in [0.1, 0.15) is 5.01 Å². The highest BCUT2D eigenvalue weighted by Gasteiger charge is 2.19. The number of aromatic nitrogens is 1. The second-order valence-corrected chi connectivity index (χ2v) is 8.63. The molecule has 0 bridgehead atoms. The molecular weight excluding hydrogens is 429 g/mol. The predicted molar refractivity (Wildman–Crippen MR) is 124 cm³/mol. The number of carboxylic acids is 1. The number of rotatable bonds is 11. The zero-order valence-electron chi connectivity index (χ0n) is 18.5. The summed E-state index contributed by atoms with van der Waals surface area (Å²) in [5, 5.41) is 12.1. The summed E-state index contributed by atoms with van der Waals surface area (Å²) in [6.45, 7) is 6.63. The van der Waals surface area contributed by atoms with E-state index in [4.69, 9.17) is 9.47 Å². The van der Waals surface area contributed by atoms with Crippen LogP contribution < -0.4 is 4.74 Å². The van der Waals surface area contributed by atoms with E-state index in [0.717, 1.165) is 16.3 Å². The molecule has 0 aliphatic carbocycles. The number of halogens is 1. The molecule has 0 fully saturated rings. The van der Waals surface area contributed by atoms with Crippen LogP contribution in [0.4, 0.5) is 4.39 Å². The van der Waals surface area contributed by atoms with Crippen molar-refractivity contribution >= 4 is 17.3 Å². The number of carboxylic acid groups (broad SMARTS) is 1. The number of thiazole rings is 1. The van der Waals surface area contributed by atoms with Gasteiger partial charge in [-0.2, -0.15) is 0 Å². The van der Waals surface area contributed by atoms with Gasteiger partial charge >= 0.3 is 5.97 Å². The minimum absolute atomic E-state index is 0.0973. The Morgan fingerprint density at radius 2 is 1.94 bits per heavy atom. The maximum atomic E-state index is 14.4. The van der Waals surface area contributed by atoms with Crippen molar-refractivity contribution in [3.63, 3.8) is 0 Å². The van der Waals surface area contributed by atoms with Crippen molar-refractivity contribution in [3.8, 4) is 16.3 Å². The SMILES string of the molecule is CCOC(Cc1ccc(OCCc2csc(-c3ccc(C(C)C)cc3)n2)c(F)c1)C(=O)O. The second kappa shape index (κ2) is 11.2. The number of ether oxygens (including phenoxy) is 2. The molecule has 1 aromatic heterocycles. The highest BCUT2D eigenvalue weighted by atomic mass is 32.1. The van der Waals surface area contributed by atoms with Crippen LogP contribution in [0.3, 0.4) is 0 Å². The number of hydrogen-bond donors (Lipinski definition) is 1. The molecule has 0 aliphatic rings. The summed E-state index contributed by atoms with van der Waals surface area (Å²) in [7, 11) is 0. The lowest BCUT2D eigenvalue weighted by Crippen LogP contribution is -2.26. The molecule has 5 nitrogen and oxygen atoms in total. The highest BCUT2D eigenvalue weighted by molar-refractivity contribution is 7.13. The standard InChI is InChI=1S/C25H28FNO4S/c1-4-30-23(25(28)29)14-17-5-10-22(21(26)13-17)31-12-11-20-15-32-24(27-20)19-8-6-18(7-9-19)16(2)3/h5-10,13,15-16,23H,4,11-12,14H2,1-3H3,(H,28,29). The van der Waals surface area contributed by atoms with Crippen LogP contribution in [0.2, 0.25) is 0 Å². The molecule has 0 spiro atoms. The zero-order chi connectivity index (χ0) is 23.1. The van der Waals surface area contributed by atoms with Crippen molar-refractivity contribution in [2.24, 2.45) is 0 Å². The number of carbonyl (C=O) groups is 1. The van der Waals surface area contributed by atoms with Gasteiger partial charge in [0, 0.05) is 30.4 Å². The van der Waals surface area contributed by atoms with E-state index in [0.29, 0.717) is 24.5 Å². The monoisotopic (exact) mass is 457 g/mol. The molecule has 3 rings (SSSR count). The third-order valence-electron chi connectivity index (χ3n) is 5.05. The molecule has 1 unspecified atom stereocenters. The molecular formula is C25H28FNO4S. The lowest BCUT2D eigenvalue weighted by molar-refractivity contribution is -0.149. The van der Waals surface area contributed by atoms with E-state index in [1.807, 2.05) is 5.38 Å². The largest absolute Gasteiger partial charge is 0.490 e. The molecule has 32 heavy (non-hydrogen) atoms. The molecule has 0 aliphatic heterocycles. The van der Waals surface area contributed by atoms with E-state index in [2.05, 4.69) is 43.1 Å². The third-order valence-corrected chi connectivity index (χ3v) is 5.99. The van der Waals surface area contributed by atoms with E-state index in [1.54, 1.807) is 24.3 Å². The Morgan fingerprint density at radius 3 is 2.56 bits per heavy atom. The van der Waals surface area contributed by atoms with E-state index < -0.39 is 17.9 Å². The number of benzene rings is 2. The number of nitrogens with zero attached hydrogens (tertiary/aromatic N) is 1. The molecule has 0 saturated carbocycles. The first kappa shape index (κ1) is 23.9. The first-order valence-corrected chi connectivity index (χ1v) is 11.6. The third kappa shape index (κ3) is 6.37. The molecule has 1 heterocycles. The number of aliphatic carboxylic acids is 1. The molecule has 0 radical (unpaired) electrons. The van der Waals surface area contributed by atoms with Crippen molar-refractivity contribution < 1.29 is 23.8 Å². The van der Waals surface area contributed by atoms with Gasteiger partial charge in [0.2, 0.25) is 0 Å². The van der Waals surface area contributed by atoms with Crippen LogP contribution in [-0.4, -0.2) is 35.4 Å². The van der Waals surface area contributed by atoms with Crippen LogP contribution in [0, 0.1) is 5.82 Å². The summed E-state index contributed by atoms with van der Waals surface area (Å²) in [6.07, 6.45) is -0.334. The fourth-order valence-electron chi connectivity index (χ4n) is 3.25. The average molecular weight is 458 g/mol. The van der Waals surface area contributed by atoms with Crippen molar-refractivity contribution in [2.75, 3.05) is 13.2 Å². The summed E-state index contributed by atoms with van der Waals surface area (Å²) in [5.41, 5.74) is 3.82. The quantitative estimate of drug-likeness (QED) is 0.398. The maximum Gasteiger partial charge on any atom is 0.333 e. The normalized spacial score (nSPS) is 12.2. The predicted octanol–water partition coefficient (Wildman–Crippen LogP) is 5.73. The Hall–Kier alpha value is -2.77. The van der Waals surface area contributed by atoms with Crippen molar-refractivity contribution in [3.05, 3.63) is 70.5 Å². The van der Waals surface area contributed by atoms with Crippen molar-refractivity contribution in [2.45, 2.75) is 45.6 Å². The lowest BCUT2D eigenvalue weighted by atomic mass is 10.0. The summed E-state index contributed by atoms with van der Waals surface area (Å²) >= 11 is 1.58. The lowest BCUT2D eigenvalue weighted by Gasteiger charge is -2.13. The van der Waals surface area contributed by atoms with Gasteiger partial charge in [-0.05, 0) is 36.1 Å². The fourth-order valence-corrected chi connectivity index (χ4v) is 4.11. The zero-order valence-corrected chi connectivity index (χ0v) is 19.3. The summed E-state index contributed by atoms with van der Waals surface area (Å²) < 4.78 is 25.2. The summed E-state index contributed by atoms with van der Waals surface area (Å²) in [4.78, 5) is 15.9. The van der Waals surface area contributed by atoms with Crippen LogP contribution in [0.5, 0.6) is 5.75 Å². The van der Waals surface area contributed by atoms with Gasteiger partial charge in [-0.25, -0.2) is 14.2 Å². The first-order chi connectivity index (χ1) is 15.4. The van der Waals surface area contributed by atoms with Gasteiger partial charge in [0.25, 0.3) is 0 Å². The molecule has 1 N–H and O–H groups in total. The molecule has 1 atom stereocenters. The van der Waals surface area contributed by atoms with Crippen LogP contribution in [0.1, 0.15) is 43.5 Å². The van der Waals surface area contributed by atoms with E-state index >= 15 is 0 Å². The Balaban J connectivity index is 1.55. The first-order valence-electron chi connectivity index (χ1n) is 10.7. The van der Waals surface area contributed by atoms with E-state index in [9.17, 15) is 14.3 Å². The molecule has 3 aromatic rings. The van der Waals surface area contributed by atoms with Crippen LogP contribution in [0.25, 0.3) is 10.6 Å². The topological polar surface area (TPSA) is 68.7 Å². The van der Waals surface area contributed by atoms with Gasteiger partial charge in [-0.3, -0.25) is 0 Å². The maximum absolute atomic E-state index is 14.4. The van der Waals surface area contributed by atoms with E-state index in [1.165, 1.54) is 17.7 Å².